The lowest BCUT2D eigenvalue weighted by molar-refractivity contribution is -0.376. The number of hydrogen-bond acceptors (Lipinski definition) is 3. The Bertz CT molecular complexity index is 1220. The summed E-state index contributed by atoms with van der Waals surface area (Å²) in [4.78, 5) is 17.9. The number of carbonyl (C=O) groups is 1. The summed E-state index contributed by atoms with van der Waals surface area (Å²) in [5.74, 6) is -0.169. The molecule has 0 unspecified atom stereocenters. The van der Waals surface area contributed by atoms with Crippen LogP contribution < -0.4 is 5.32 Å². The highest BCUT2D eigenvalue weighted by Crippen LogP contribution is 2.50. The van der Waals surface area contributed by atoms with E-state index in [0.717, 1.165) is 25.0 Å². The van der Waals surface area contributed by atoms with Crippen molar-refractivity contribution in [2.75, 3.05) is 6.54 Å². The minimum Gasteiger partial charge on any atom is -0.369 e. The van der Waals surface area contributed by atoms with Gasteiger partial charge in [-0.15, -0.1) is 0 Å². The number of nitrogens with one attached hydrogen (secondary N) is 1. The van der Waals surface area contributed by atoms with Crippen LogP contribution in [-0.2, 0) is 12.1 Å². The number of imidazole rings is 1. The largest absolute Gasteiger partial charge is 0.430 e. The average Bonchev–Trinajstić information content (AvgIpc) is 3.21. The Labute approximate surface area is 216 Å². The van der Waals surface area contributed by atoms with Crippen LogP contribution >= 0.6 is 0 Å². The van der Waals surface area contributed by atoms with Crippen LogP contribution in [0.15, 0.2) is 54.6 Å². The van der Waals surface area contributed by atoms with Gasteiger partial charge in [0.2, 0.25) is 0 Å². The molecule has 3 rings (SSSR count). The molecule has 0 aliphatic heterocycles. The van der Waals surface area contributed by atoms with E-state index in [1.54, 1.807) is 34.9 Å². The minimum atomic E-state index is -5.99. The lowest BCUT2D eigenvalue weighted by Crippen LogP contribution is -2.53. The Balaban J connectivity index is 2.20. The van der Waals surface area contributed by atoms with Gasteiger partial charge in [-0.2, -0.15) is 26.3 Å². The molecule has 0 atom stereocenters. The lowest BCUT2D eigenvalue weighted by Gasteiger charge is -2.32. The van der Waals surface area contributed by atoms with Gasteiger partial charge in [0.25, 0.3) is 11.5 Å². The van der Waals surface area contributed by atoms with Crippen molar-refractivity contribution < 1.29 is 36.2 Å². The molecule has 11 heteroatoms. The Morgan fingerprint density at radius 3 is 2.03 bits per heavy atom. The molecule has 2 aromatic carbocycles. The summed E-state index contributed by atoms with van der Waals surface area (Å²) in [6, 6.07) is 12.0. The standard InChI is InChI=1S/C27H29F6N3O2/c1-4-5-15-34-24(37)22-21(18-9-7-6-8-10-18)35-23(36(22)16-17(2)3)19-11-13-20(14-12-19)25(38,26(28,29)30)27(31,32)33/h6-14,17,38H,4-5,15-16H2,1-3H3,(H,34,37). The van der Waals surface area contributed by atoms with E-state index in [4.69, 9.17) is 0 Å². The van der Waals surface area contributed by atoms with Crippen molar-refractivity contribution in [2.45, 2.75) is 58.1 Å². The van der Waals surface area contributed by atoms with Gasteiger partial charge >= 0.3 is 12.4 Å². The number of unbranched alkanes of at least 4 members (excludes halogenated alkanes) is 1. The third kappa shape index (κ3) is 5.72. The van der Waals surface area contributed by atoms with E-state index in [1.807, 2.05) is 20.8 Å². The molecule has 2 N–H and O–H groups in total. The van der Waals surface area contributed by atoms with Crippen LogP contribution in [0.2, 0.25) is 0 Å². The van der Waals surface area contributed by atoms with E-state index in [9.17, 15) is 36.2 Å². The van der Waals surface area contributed by atoms with Crippen LogP contribution in [0, 0.1) is 5.92 Å². The van der Waals surface area contributed by atoms with Crippen molar-refractivity contribution in [3.8, 4) is 22.6 Å². The number of amides is 1. The van der Waals surface area contributed by atoms with E-state index in [1.165, 1.54) is 0 Å². The topological polar surface area (TPSA) is 67.2 Å². The van der Waals surface area contributed by atoms with Crippen LogP contribution in [0.4, 0.5) is 26.3 Å². The van der Waals surface area contributed by atoms with E-state index in [2.05, 4.69) is 10.3 Å². The third-order valence-electron chi connectivity index (χ3n) is 5.97. The van der Waals surface area contributed by atoms with Gasteiger partial charge in [0.05, 0.1) is 0 Å². The zero-order valence-corrected chi connectivity index (χ0v) is 21.1. The molecule has 206 valence electrons. The van der Waals surface area contributed by atoms with Gasteiger partial charge in [0.15, 0.2) is 0 Å². The highest BCUT2D eigenvalue weighted by atomic mass is 19.4. The van der Waals surface area contributed by atoms with Gasteiger partial charge in [0, 0.05) is 29.8 Å². The van der Waals surface area contributed by atoms with Crippen molar-refractivity contribution in [2.24, 2.45) is 5.92 Å². The first-order valence-corrected chi connectivity index (χ1v) is 12.1. The number of rotatable bonds is 9. The van der Waals surface area contributed by atoms with Crippen molar-refractivity contribution in [1.29, 1.82) is 0 Å². The molecule has 0 saturated carbocycles. The predicted molar refractivity (Wildman–Crippen MR) is 131 cm³/mol. The molecule has 38 heavy (non-hydrogen) atoms. The van der Waals surface area contributed by atoms with Crippen molar-refractivity contribution >= 4 is 5.91 Å². The fourth-order valence-corrected chi connectivity index (χ4v) is 4.05. The first-order valence-electron chi connectivity index (χ1n) is 12.1. The maximum atomic E-state index is 13.3. The highest BCUT2D eigenvalue weighted by Gasteiger charge is 2.71. The molecule has 0 aliphatic carbocycles. The maximum Gasteiger partial charge on any atom is 0.430 e. The Hall–Kier alpha value is -3.34. The number of nitrogens with zero attached hydrogens (tertiary/aromatic N) is 2. The number of hydrogen-bond donors (Lipinski definition) is 2. The van der Waals surface area contributed by atoms with Crippen LogP contribution in [-0.4, -0.2) is 39.5 Å². The second-order valence-electron chi connectivity index (χ2n) is 9.40. The summed E-state index contributed by atoms with van der Waals surface area (Å²) in [6.45, 7) is 6.52. The number of aromatic nitrogens is 2. The highest BCUT2D eigenvalue weighted by molar-refractivity contribution is 5.99. The fraction of sp³-hybridized carbons (Fsp3) is 0.407. The molecular weight excluding hydrogens is 512 g/mol. The van der Waals surface area contributed by atoms with Crippen molar-refractivity contribution in [3.05, 3.63) is 65.9 Å². The zero-order valence-electron chi connectivity index (χ0n) is 21.1. The van der Waals surface area contributed by atoms with Gasteiger partial charge < -0.3 is 15.0 Å². The fourth-order valence-electron chi connectivity index (χ4n) is 4.05. The van der Waals surface area contributed by atoms with Crippen molar-refractivity contribution in [1.82, 2.24) is 14.9 Å². The smallest absolute Gasteiger partial charge is 0.369 e. The molecular formula is C27H29F6N3O2. The predicted octanol–water partition coefficient (Wildman–Crippen LogP) is 6.72. The number of alkyl halides is 6. The Morgan fingerprint density at radius 1 is 0.947 bits per heavy atom. The number of halogens is 6. The molecule has 3 aromatic rings. The first kappa shape index (κ1) is 29.2. The molecule has 0 saturated heterocycles. The monoisotopic (exact) mass is 541 g/mol. The molecule has 1 heterocycles. The maximum absolute atomic E-state index is 13.3. The van der Waals surface area contributed by atoms with Gasteiger partial charge in [0.1, 0.15) is 17.2 Å². The molecule has 1 amide bonds. The average molecular weight is 542 g/mol. The van der Waals surface area contributed by atoms with Gasteiger partial charge in [-0.05, 0) is 12.3 Å². The molecule has 0 radical (unpaired) electrons. The van der Waals surface area contributed by atoms with Gasteiger partial charge in [-0.3, -0.25) is 4.79 Å². The van der Waals surface area contributed by atoms with Gasteiger partial charge in [-0.25, -0.2) is 4.98 Å². The SMILES string of the molecule is CCCCNC(=O)c1c(-c2ccccc2)nc(-c2ccc(C(O)(C(F)(F)F)C(F)(F)F)cc2)n1CC(C)C. The molecule has 1 aromatic heterocycles. The second-order valence-corrected chi connectivity index (χ2v) is 9.40. The summed E-state index contributed by atoms with van der Waals surface area (Å²) in [6.07, 6.45) is -10.4. The quantitative estimate of drug-likeness (QED) is 0.234. The number of carbonyl (C=O) groups excluding carboxylic acids is 1. The summed E-state index contributed by atoms with van der Waals surface area (Å²) in [5.41, 5.74) is -5.03. The van der Waals surface area contributed by atoms with Crippen molar-refractivity contribution in [3.63, 3.8) is 0 Å². The molecule has 0 fully saturated rings. The van der Waals surface area contributed by atoms with Crippen LogP contribution in [0.1, 0.15) is 49.7 Å². The molecule has 0 bridgehead atoms. The second kappa shape index (κ2) is 11.2. The number of benzene rings is 2. The number of aliphatic hydroxyl groups is 1. The van der Waals surface area contributed by atoms with Crippen LogP contribution in [0.5, 0.6) is 0 Å². The lowest BCUT2D eigenvalue weighted by atomic mass is 9.91. The van der Waals surface area contributed by atoms with Gasteiger partial charge in [-0.1, -0.05) is 81.8 Å². The minimum absolute atomic E-state index is 0.0218. The van der Waals surface area contributed by atoms with E-state index in [-0.39, 0.29) is 23.0 Å². The Morgan fingerprint density at radius 2 is 1.53 bits per heavy atom. The molecule has 0 aliphatic rings. The summed E-state index contributed by atoms with van der Waals surface area (Å²) in [7, 11) is 0. The van der Waals surface area contributed by atoms with E-state index >= 15 is 0 Å². The van der Waals surface area contributed by atoms with E-state index in [0.29, 0.717) is 36.5 Å². The zero-order chi connectivity index (χ0) is 28.3. The van der Waals surface area contributed by atoms with E-state index < -0.39 is 29.4 Å². The third-order valence-corrected chi connectivity index (χ3v) is 5.97. The molecule has 0 spiro atoms. The first-order chi connectivity index (χ1) is 17.7. The van der Waals surface area contributed by atoms with Crippen LogP contribution in [0.3, 0.4) is 0 Å². The molecule has 5 nitrogen and oxygen atoms in total. The normalized spacial score (nSPS) is 12.7. The summed E-state index contributed by atoms with van der Waals surface area (Å²) >= 11 is 0. The summed E-state index contributed by atoms with van der Waals surface area (Å²) in [5, 5.41) is 12.6. The van der Waals surface area contributed by atoms with Crippen LogP contribution in [0.25, 0.3) is 22.6 Å². The summed E-state index contributed by atoms with van der Waals surface area (Å²) < 4.78 is 81.7. The Kier molecular flexibility index (Phi) is 8.60.